The Morgan fingerprint density at radius 3 is 2.53 bits per heavy atom. The molecule has 7 heterocycles. The molecule has 1 amide bonds. The minimum Gasteiger partial charge on any atom is -0.508 e. The molecule has 4 aliphatic rings. The Balaban J connectivity index is 1.000. The molecule has 1 spiro atoms. The zero-order valence-corrected chi connectivity index (χ0v) is 33.8. The molecule has 3 atom stereocenters. The fraction of sp³-hybridized carbons (Fsp3) is 0.500. The smallest absolute Gasteiger partial charge is 0.319 e. The second-order valence-corrected chi connectivity index (χ2v) is 16.7. The first-order chi connectivity index (χ1) is 28.1. The van der Waals surface area contributed by atoms with Crippen LogP contribution < -0.4 is 25.0 Å². The van der Waals surface area contributed by atoms with Crippen molar-refractivity contribution in [3.63, 3.8) is 0 Å². The van der Waals surface area contributed by atoms with Crippen LogP contribution in [0.25, 0.3) is 23.1 Å². The number of aliphatic hydroxyl groups is 1. The number of aldehydes is 1. The maximum absolute atomic E-state index is 16.8. The quantitative estimate of drug-likeness (QED) is 0.151. The molecule has 0 aliphatic carbocycles. The number of piperazine rings is 1. The summed E-state index contributed by atoms with van der Waals surface area (Å²) in [7, 11) is 0. The second-order valence-electron chi connectivity index (χ2n) is 16.7. The number of aryl methyl sites for hydroxylation is 1. The molecule has 4 aliphatic heterocycles. The van der Waals surface area contributed by atoms with Gasteiger partial charge in [-0.2, -0.15) is 9.97 Å². The first-order valence-electron chi connectivity index (χ1n) is 20.6. The van der Waals surface area contributed by atoms with Gasteiger partial charge in [-0.3, -0.25) is 14.7 Å². The molecule has 4 aromatic rings. The first-order valence-corrected chi connectivity index (χ1v) is 20.6. The maximum atomic E-state index is 16.8. The van der Waals surface area contributed by atoms with E-state index in [9.17, 15) is 14.7 Å². The Morgan fingerprint density at radius 1 is 1.10 bits per heavy atom. The number of pyridine rings is 1. The van der Waals surface area contributed by atoms with Gasteiger partial charge >= 0.3 is 6.01 Å². The summed E-state index contributed by atoms with van der Waals surface area (Å²) >= 11 is 0. The molecule has 13 nitrogen and oxygen atoms in total. The van der Waals surface area contributed by atoms with Crippen LogP contribution in [0.1, 0.15) is 76.3 Å². The molecule has 306 valence electrons. The number of carbonyl (C=O) groups excluding carboxylic acids is 2. The molecule has 3 unspecified atom stereocenters. The largest absolute Gasteiger partial charge is 0.508 e. The Bertz CT molecular complexity index is 2300. The van der Waals surface area contributed by atoms with Gasteiger partial charge in [-0.15, -0.1) is 0 Å². The number of anilines is 2. The molecule has 2 bridgehead atoms. The molecule has 3 aromatic heterocycles. The maximum Gasteiger partial charge on any atom is 0.319 e. The Hall–Kier alpha value is -5.37. The number of allylic oxidation sites excluding steroid dienone is 2. The molecule has 0 saturated carbocycles. The Morgan fingerprint density at radius 2 is 1.86 bits per heavy atom. The Kier molecular flexibility index (Phi) is 11.2. The summed E-state index contributed by atoms with van der Waals surface area (Å²) in [6, 6.07) is 7.94. The average Bonchev–Trinajstić information content (AvgIpc) is 3.79. The number of benzene rings is 1. The van der Waals surface area contributed by atoms with Crippen molar-refractivity contribution < 1.29 is 28.3 Å². The molecular formula is C44H53FN8O5. The number of piperidine rings is 1. The molecule has 4 saturated heterocycles. The molecule has 0 radical (unpaired) electrons. The Labute approximate surface area is 337 Å². The van der Waals surface area contributed by atoms with Crippen LogP contribution in [0.15, 0.2) is 46.8 Å². The van der Waals surface area contributed by atoms with E-state index in [4.69, 9.17) is 14.2 Å². The summed E-state index contributed by atoms with van der Waals surface area (Å²) in [6.45, 7) is 13.7. The summed E-state index contributed by atoms with van der Waals surface area (Å²) in [4.78, 5) is 46.3. The summed E-state index contributed by atoms with van der Waals surface area (Å²) in [6.07, 6.45) is 13.1. The van der Waals surface area contributed by atoms with Crippen molar-refractivity contribution in [2.45, 2.75) is 77.8 Å². The average molecular weight is 793 g/mol. The van der Waals surface area contributed by atoms with Crippen LogP contribution in [0.4, 0.5) is 16.0 Å². The number of carbonyl (C=O) groups is 2. The van der Waals surface area contributed by atoms with Crippen molar-refractivity contribution in [1.29, 1.82) is 0 Å². The minimum absolute atomic E-state index is 0.0584. The lowest BCUT2D eigenvalue weighted by molar-refractivity contribution is -0.121. The molecule has 8 rings (SSSR count). The second kappa shape index (κ2) is 16.5. The van der Waals surface area contributed by atoms with Crippen LogP contribution in [0.3, 0.4) is 0 Å². The van der Waals surface area contributed by atoms with Gasteiger partial charge in [0.1, 0.15) is 41.4 Å². The van der Waals surface area contributed by atoms with Crippen molar-refractivity contribution in [1.82, 2.24) is 29.9 Å². The van der Waals surface area contributed by atoms with E-state index in [2.05, 4.69) is 29.8 Å². The number of ether oxygens (including phenoxy) is 1. The fourth-order valence-electron chi connectivity index (χ4n) is 9.24. The van der Waals surface area contributed by atoms with Crippen LogP contribution in [0.2, 0.25) is 0 Å². The molecule has 58 heavy (non-hydrogen) atoms. The highest BCUT2D eigenvalue weighted by molar-refractivity contribution is 5.91. The summed E-state index contributed by atoms with van der Waals surface area (Å²) in [5.41, 5.74) is 1.48. The lowest BCUT2D eigenvalue weighted by Crippen LogP contribution is -2.60. The fourth-order valence-corrected chi connectivity index (χ4v) is 9.24. The minimum atomic E-state index is -0.575. The number of aliphatic hydroxyl groups excluding tert-OH is 1. The van der Waals surface area contributed by atoms with Gasteiger partial charge in [0.2, 0.25) is 6.41 Å². The number of halogens is 1. The van der Waals surface area contributed by atoms with Crippen LogP contribution in [0, 0.1) is 17.2 Å². The third-order valence-electron chi connectivity index (χ3n) is 12.8. The number of rotatable bonds is 13. The van der Waals surface area contributed by atoms with Gasteiger partial charge in [0.05, 0.1) is 11.3 Å². The highest BCUT2D eigenvalue weighted by Crippen LogP contribution is 2.43. The molecule has 1 aromatic carbocycles. The summed E-state index contributed by atoms with van der Waals surface area (Å²) in [5, 5.41) is 16.6. The van der Waals surface area contributed by atoms with Gasteiger partial charge in [-0.05, 0) is 92.3 Å². The lowest BCUT2D eigenvalue weighted by atomic mass is 9.72. The van der Waals surface area contributed by atoms with E-state index in [0.29, 0.717) is 49.6 Å². The zero-order chi connectivity index (χ0) is 40.6. The zero-order valence-electron chi connectivity index (χ0n) is 33.8. The van der Waals surface area contributed by atoms with E-state index >= 15 is 4.39 Å². The number of aromatic nitrogens is 4. The number of nitrogens with zero attached hydrogens (tertiary/aromatic N) is 8. The molecule has 1 N–H and O–H groups in total. The molecular weight excluding hydrogens is 740 g/mol. The number of amides is 1. The van der Waals surface area contributed by atoms with E-state index in [1.165, 1.54) is 0 Å². The number of fused-ring (bicyclic) bond motifs is 3. The van der Waals surface area contributed by atoms with Gasteiger partial charge in [0, 0.05) is 62.5 Å². The van der Waals surface area contributed by atoms with Crippen molar-refractivity contribution >= 4 is 47.4 Å². The number of hydrogen-bond donors (Lipinski definition) is 1. The predicted octanol–water partition coefficient (Wildman–Crippen LogP) is 4.51. The van der Waals surface area contributed by atoms with Gasteiger partial charge in [-0.25, -0.2) is 4.39 Å². The highest BCUT2D eigenvalue weighted by atomic mass is 19.1. The van der Waals surface area contributed by atoms with Gasteiger partial charge in [0.15, 0.2) is 11.6 Å². The van der Waals surface area contributed by atoms with E-state index < -0.39 is 5.82 Å². The lowest BCUT2D eigenvalue weighted by Gasteiger charge is -2.54. The monoisotopic (exact) mass is 792 g/mol. The van der Waals surface area contributed by atoms with Gasteiger partial charge < -0.3 is 33.9 Å². The van der Waals surface area contributed by atoms with Crippen molar-refractivity contribution in [2.24, 2.45) is 11.3 Å². The van der Waals surface area contributed by atoms with E-state index in [1.54, 1.807) is 31.3 Å². The van der Waals surface area contributed by atoms with E-state index in [0.717, 1.165) is 86.4 Å². The first kappa shape index (κ1) is 39.5. The van der Waals surface area contributed by atoms with Crippen LogP contribution in [-0.2, 0) is 16.0 Å². The van der Waals surface area contributed by atoms with Crippen LogP contribution in [-0.4, -0.2) is 112 Å². The SMILES string of the molecule is C\C=C(O)/C=c1/cccc(CC)/c1=C\c1ncc2c(N3CC4CCC(C3)N4C=O)nc(OCCN3CCC4(CC3)CN(c3cc(C(C=O)C(C)C)on3)C4)nc2c1F. The van der Waals surface area contributed by atoms with Crippen molar-refractivity contribution in [3.05, 3.63) is 75.6 Å². The summed E-state index contributed by atoms with van der Waals surface area (Å²) in [5.74, 6) is 1.37. The normalized spacial score (nSPS) is 22.0. The van der Waals surface area contributed by atoms with Crippen molar-refractivity contribution in [2.75, 3.05) is 62.2 Å². The molecule has 4 fully saturated rings. The van der Waals surface area contributed by atoms with Crippen molar-refractivity contribution in [3.8, 4) is 6.01 Å². The number of likely N-dealkylation sites (tertiary alicyclic amines) is 1. The van der Waals surface area contributed by atoms with Crippen LogP contribution >= 0.6 is 0 Å². The third kappa shape index (κ3) is 7.66. The number of hydrogen-bond acceptors (Lipinski definition) is 12. The van der Waals surface area contributed by atoms with Gasteiger partial charge in [-0.1, -0.05) is 44.1 Å². The van der Waals surface area contributed by atoms with Crippen LogP contribution in [0.5, 0.6) is 6.01 Å². The predicted molar refractivity (Wildman–Crippen MR) is 220 cm³/mol. The topological polar surface area (TPSA) is 141 Å². The standard InChI is InChI=1S/C44H53FN8O5/c1-5-29-8-7-9-30(18-33(56)6-2)34(29)19-37-40(45)41-35(21-46-37)42(51-22-31-10-11-32(23-51)53(31)27-55)48-43(47-41)57-17-16-50-14-12-44(13-15-50)25-52(26-44)39-20-38(58-49-39)36(24-54)28(3)4/h6-9,18-21,24,27-28,31-32,36,56H,5,10-17,22-23,25-26H2,1-4H3/b30-18-,33-6+,34-19+. The molecule has 14 heteroatoms. The van der Waals surface area contributed by atoms with E-state index in [1.807, 2.05) is 49.9 Å². The van der Waals surface area contributed by atoms with E-state index in [-0.39, 0.29) is 52.3 Å². The summed E-state index contributed by atoms with van der Waals surface area (Å²) < 4.78 is 28.6. The highest BCUT2D eigenvalue weighted by Gasteiger charge is 2.46. The van der Waals surface area contributed by atoms with Gasteiger partial charge in [0.25, 0.3) is 0 Å². The third-order valence-corrected chi connectivity index (χ3v) is 12.8.